The fourth-order valence-electron chi connectivity index (χ4n) is 8.07. The second-order valence-corrected chi connectivity index (χ2v) is 13.8. The monoisotopic (exact) mass is 777 g/mol. The number of ketones is 1. The van der Waals surface area contributed by atoms with Crippen molar-refractivity contribution in [3.8, 4) is 11.5 Å². The third-order valence-corrected chi connectivity index (χ3v) is 10.7. The summed E-state index contributed by atoms with van der Waals surface area (Å²) in [6, 6.07) is 39.7. The van der Waals surface area contributed by atoms with Crippen molar-refractivity contribution in [3.63, 3.8) is 0 Å². The Morgan fingerprint density at radius 3 is 1.74 bits per heavy atom. The van der Waals surface area contributed by atoms with Crippen LogP contribution in [0.15, 0.2) is 152 Å². The quantitative estimate of drug-likeness (QED) is 0.0800. The number of aromatic nitrogens is 4. The number of hydrogen-bond donors (Lipinski definition) is 3. The standard InChI is InChI=1S/C45H39N5O8/c1-55-33-22-18-31(19-23-33)44(30-16-10-5-11-17-30,32-20-24-34(56-2)25-21-32)45(38(53)28-12-6-3-7-13-28,58-43(54)29-14-8-4-9-15-29)39-36(51)37(52)42(57-39)50-27-49-35-40(46)47-26-48-41(35)50/h3-27,36-37,39,42,51-52H,1-2H3,(H2,46,47,48)/t36-,37+,39-,42+,45?/m0/s1. The van der Waals surface area contributed by atoms with Gasteiger partial charge >= 0.3 is 5.97 Å². The first kappa shape index (κ1) is 38.0. The predicted molar refractivity (Wildman–Crippen MR) is 213 cm³/mol. The number of benzene rings is 5. The van der Waals surface area contributed by atoms with Crippen LogP contribution in [0.25, 0.3) is 11.2 Å². The number of carbonyl (C=O) groups excluding carboxylic acids is 2. The average molecular weight is 778 g/mol. The smallest absolute Gasteiger partial charge is 0.339 e. The van der Waals surface area contributed by atoms with Crippen molar-refractivity contribution in [2.75, 3.05) is 20.0 Å². The van der Waals surface area contributed by atoms with Crippen LogP contribution in [0.4, 0.5) is 5.82 Å². The minimum atomic E-state index is -2.58. The molecule has 1 unspecified atom stereocenters. The van der Waals surface area contributed by atoms with Crippen molar-refractivity contribution in [2.24, 2.45) is 0 Å². The summed E-state index contributed by atoms with van der Waals surface area (Å²) < 4.78 is 26.4. The number of Topliss-reactive ketones (excluding diaryl/α,β-unsaturated/α-hetero) is 1. The van der Waals surface area contributed by atoms with E-state index in [0.717, 1.165) is 0 Å². The third-order valence-electron chi connectivity index (χ3n) is 10.7. The lowest BCUT2D eigenvalue weighted by atomic mass is 9.54. The van der Waals surface area contributed by atoms with Gasteiger partial charge in [-0.3, -0.25) is 9.36 Å². The molecule has 0 bridgehead atoms. The highest BCUT2D eigenvalue weighted by atomic mass is 16.6. The second-order valence-electron chi connectivity index (χ2n) is 13.8. The Bertz CT molecular complexity index is 2490. The number of nitrogens with zero attached hydrogens (tertiary/aromatic N) is 4. The van der Waals surface area contributed by atoms with E-state index < -0.39 is 47.3 Å². The van der Waals surface area contributed by atoms with E-state index >= 15 is 4.79 Å². The molecular weight excluding hydrogens is 739 g/mol. The Kier molecular flexibility index (Phi) is 10.2. The van der Waals surface area contributed by atoms with Crippen molar-refractivity contribution in [1.82, 2.24) is 19.5 Å². The van der Waals surface area contributed by atoms with Gasteiger partial charge in [-0.1, -0.05) is 103 Å². The van der Waals surface area contributed by atoms with Crippen molar-refractivity contribution in [3.05, 3.63) is 180 Å². The van der Waals surface area contributed by atoms with Gasteiger partial charge in [-0.2, -0.15) is 0 Å². The van der Waals surface area contributed by atoms with Crippen molar-refractivity contribution in [1.29, 1.82) is 0 Å². The van der Waals surface area contributed by atoms with Crippen LogP contribution in [-0.4, -0.2) is 79.6 Å². The Morgan fingerprint density at radius 1 is 0.672 bits per heavy atom. The summed E-state index contributed by atoms with van der Waals surface area (Å²) in [4.78, 5) is 44.0. The van der Waals surface area contributed by atoms with Gasteiger partial charge in [0.25, 0.3) is 0 Å². The third kappa shape index (κ3) is 6.12. The first-order chi connectivity index (χ1) is 28.2. The maximum absolute atomic E-state index is 16.3. The molecule has 5 atom stereocenters. The Hall–Kier alpha value is -6.93. The number of nitrogen functional groups attached to an aromatic ring is 1. The molecule has 2 aromatic heterocycles. The van der Waals surface area contributed by atoms with E-state index in [4.69, 9.17) is 24.7 Å². The molecule has 58 heavy (non-hydrogen) atoms. The van der Waals surface area contributed by atoms with Gasteiger partial charge in [0.2, 0.25) is 11.4 Å². The van der Waals surface area contributed by atoms with Crippen LogP contribution in [0.1, 0.15) is 43.6 Å². The van der Waals surface area contributed by atoms with E-state index in [1.54, 1.807) is 121 Å². The molecule has 1 fully saturated rings. The number of ether oxygens (including phenoxy) is 4. The first-order valence-electron chi connectivity index (χ1n) is 18.4. The summed E-state index contributed by atoms with van der Waals surface area (Å²) in [6.45, 7) is 0. The van der Waals surface area contributed by atoms with E-state index in [0.29, 0.717) is 28.2 Å². The SMILES string of the molecule is COc1ccc(C(c2ccccc2)(c2ccc(OC)cc2)C(OC(=O)c2ccccc2)(C(=O)c2ccccc2)[C@H]2O[C@@H](n3cnc4c(N)ncnc43)[C@H](O)[C@@H]2O)cc1. The predicted octanol–water partition coefficient (Wildman–Crippen LogP) is 5.56. The molecule has 13 heteroatoms. The Labute approximate surface area is 333 Å². The molecule has 3 heterocycles. The van der Waals surface area contributed by atoms with Crippen LogP contribution >= 0.6 is 0 Å². The number of rotatable bonds is 12. The molecule has 4 N–H and O–H groups in total. The molecule has 0 amide bonds. The average Bonchev–Trinajstić information content (AvgIpc) is 3.85. The van der Waals surface area contributed by atoms with Gasteiger partial charge in [0.1, 0.15) is 41.7 Å². The summed E-state index contributed by atoms with van der Waals surface area (Å²) in [7, 11) is 3.08. The fourth-order valence-corrected chi connectivity index (χ4v) is 8.07. The van der Waals surface area contributed by atoms with Crippen molar-refractivity contribution < 1.29 is 38.7 Å². The number of esters is 1. The summed E-state index contributed by atoms with van der Waals surface area (Å²) in [6.07, 6.45) is -4.22. The number of fused-ring (bicyclic) bond motifs is 1. The fraction of sp³-hybridized carbons (Fsp3) is 0.178. The number of imidazole rings is 1. The molecule has 0 aliphatic carbocycles. The lowest BCUT2D eigenvalue weighted by molar-refractivity contribution is -0.141. The number of aliphatic hydroxyl groups is 2. The zero-order chi connectivity index (χ0) is 40.4. The number of hydrogen-bond acceptors (Lipinski definition) is 12. The van der Waals surface area contributed by atoms with Crippen LogP contribution in [0.3, 0.4) is 0 Å². The number of carbonyl (C=O) groups is 2. The Balaban J connectivity index is 1.52. The maximum Gasteiger partial charge on any atom is 0.339 e. The normalized spacial score (nSPS) is 19.0. The summed E-state index contributed by atoms with van der Waals surface area (Å²) in [5.74, 6) is -0.507. The number of aliphatic hydroxyl groups excluding tert-OH is 2. The van der Waals surface area contributed by atoms with E-state index in [1.165, 1.54) is 31.4 Å². The van der Waals surface area contributed by atoms with Gasteiger partial charge in [0.05, 0.1) is 31.5 Å². The molecule has 7 aromatic rings. The highest BCUT2D eigenvalue weighted by Crippen LogP contribution is 2.56. The van der Waals surface area contributed by atoms with Gasteiger partial charge in [-0.25, -0.2) is 19.7 Å². The number of nitrogens with two attached hydrogens (primary N) is 1. The summed E-state index contributed by atoms with van der Waals surface area (Å²) in [5.41, 5.74) is 3.77. The summed E-state index contributed by atoms with van der Waals surface area (Å²) >= 11 is 0. The van der Waals surface area contributed by atoms with E-state index in [9.17, 15) is 15.0 Å². The minimum Gasteiger partial charge on any atom is -0.497 e. The van der Waals surface area contributed by atoms with Crippen molar-refractivity contribution in [2.45, 2.75) is 35.6 Å². The zero-order valence-corrected chi connectivity index (χ0v) is 31.5. The molecule has 1 aliphatic rings. The van der Waals surface area contributed by atoms with Crippen molar-refractivity contribution >= 4 is 28.7 Å². The van der Waals surface area contributed by atoms with Crippen LogP contribution in [0.5, 0.6) is 11.5 Å². The molecule has 1 aliphatic heterocycles. The lowest BCUT2D eigenvalue weighted by Crippen LogP contribution is -2.69. The first-order valence-corrected chi connectivity index (χ1v) is 18.4. The van der Waals surface area contributed by atoms with E-state index in [-0.39, 0.29) is 28.1 Å². The number of anilines is 1. The second kappa shape index (κ2) is 15.5. The minimum absolute atomic E-state index is 0.0841. The molecule has 0 spiro atoms. The van der Waals surface area contributed by atoms with Crippen LogP contribution in [-0.2, 0) is 14.9 Å². The largest absolute Gasteiger partial charge is 0.497 e. The molecule has 0 radical (unpaired) electrons. The molecule has 8 rings (SSSR count). The lowest BCUT2D eigenvalue weighted by Gasteiger charge is -2.52. The molecule has 292 valence electrons. The molecular formula is C45H39N5O8. The van der Waals surface area contributed by atoms with Gasteiger partial charge in [0.15, 0.2) is 17.7 Å². The molecule has 1 saturated heterocycles. The topological polar surface area (TPSA) is 181 Å². The highest BCUT2D eigenvalue weighted by molar-refractivity contribution is 6.07. The number of methoxy groups -OCH3 is 2. The van der Waals surface area contributed by atoms with Gasteiger partial charge in [-0.05, 0) is 53.1 Å². The molecule has 5 aromatic carbocycles. The molecule has 0 saturated carbocycles. The van der Waals surface area contributed by atoms with Gasteiger partial charge in [-0.15, -0.1) is 0 Å². The summed E-state index contributed by atoms with van der Waals surface area (Å²) in [5, 5.41) is 24.7. The zero-order valence-electron chi connectivity index (χ0n) is 31.5. The van der Waals surface area contributed by atoms with Crippen LogP contribution < -0.4 is 15.2 Å². The van der Waals surface area contributed by atoms with E-state index in [1.807, 2.05) is 18.2 Å². The van der Waals surface area contributed by atoms with Crippen LogP contribution in [0.2, 0.25) is 0 Å². The Morgan fingerprint density at radius 2 is 1.19 bits per heavy atom. The van der Waals surface area contributed by atoms with E-state index in [2.05, 4.69) is 15.0 Å². The van der Waals surface area contributed by atoms with Gasteiger partial charge < -0.3 is 34.9 Å². The van der Waals surface area contributed by atoms with Gasteiger partial charge in [0, 0.05) is 5.56 Å². The molecule has 13 nitrogen and oxygen atoms in total. The maximum atomic E-state index is 16.3. The van der Waals surface area contributed by atoms with Crippen LogP contribution in [0, 0.1) is 0 Å². The highest BCUT2D eigenvalue weighted by Gasteiger charge is 2.71.